The molecule has 1 fully saturated rings. The van der Waals surface area contributed by atoms with Crippen LogP contribution >= 0.6 is 11.6 Å². The molecule has 0 saturated carbocycles. The highest BCUT2D eigenvalue weighted by molar-refractivity contribution is 7.89. The van der Waals surface area contributed by atoms with Gasteiger partial charge in [0, 0.05) is 23.7 Å². The van der Waals surface area contributed by atoms with Gasteiger partial charge in [-0.1, -0.05) is 37.6 Å². The molecule has 11 heteroatoms. The van der Waals surface area contributed by atoms with Crippen molar-refractivity contribution >= 4 is 45.0 Å². The van der Waals surface area contributed by atoms with Gasteiger partial charge in [-0.05, 0) is 42.8 Å². The molecule has 0 radical (unpaired) electrons. The third-order valence-corrected chi connectivity index (χ3v) is 7.88. The summed E-state index contributed by atoms with van der Waals surface area (Å²) in [5, 5.41) is 0.428. The van der Waals surface area contributed by atoms with Crippen molar-refractivity contribution < 1.29 is 22.8 Å². The van der Waals surface area contributed by atoms with Crippen molar-refractivity contribution in [3.05, 3.63) is 58.6 Å². The number of imide groups is 1. The summed E-state index contributed by atoms with van der Waals surface area (Å²) in [5.41, 5.74) is 6.07. The third kappa shape index (κ3) is 4.93. The summed E-state index contributed by atoms with van der Waals surface area (Å²) in [6.45, 7) is 5.78. The van der Waals surface area contributed by atoms with E-state index < -0.39 is 33.8 Å². The molecule has 1 saturated heterocycles. The minimum atomic E-state index is -3.73. The molecule has 2 aromatic rings. The van der Waals surface area contributed by atoms with Crippen molar-refractivity contribution in [3.63, 3.8) is 0 Å². The number of hydrazine groups is 1. The van der Waals surface area contributed by atoms with E-state index in [0.29, 0.717) is 29.4 Å². The number of nitrogens with zero attached hydrogens (tertiary/aromatic N) is 2. The topological polar surface area (TPSA) is 116 Å². The predicted molar refractivity (Wildman–Crippen MR) is 124 cm³/mol. The van der Waals surface area contributed by atoms with Gasteiger partial charge in [-0.25, -0.2) is 18.7 Å². The molecule has 3 rings (SSSR count). The molecule has 33 heavy (non-hydrogen) atoms. The maximum atomic E-state index is 12.8. The molecular weight excluding hydrogens is 468 g/mol. The van der Waals surface area contributed by atoms with Gasteiger partial charge in [0.2, 0.25) is 15.9 Å². The molecule has 1 unspecified atom stereocenters. The lowest BCUT2D eigenvalue weighted by molar-refractivity contribution is -0.121. The summed E-state index contributed by atoms with van der Waals surface area (Å²) in [4.78, 5) is 39.0. The maximum Gasteiger partial charge on any atom is 0.265 e. The van der Waals surface area contributed by atoms with Gasteiger partial charge in [0.25, 0.3) is 11.8 Å². The van der Waals surface area contributed by atoms with Crippen LogP contribution < -0.4 is 15.8 Å². The summed E-state index contributed by atoms with van der Waals surface area (Å²) in [5.74, 6) is -1.59. The Kier molecular flexibility index (Phi) is 7.53. The third-order valence-electron chi connectivity index (χ3n) is 5.43. The summed E-state index contributed by atoms with van der Waals surface area (Å²) in [6, 6.07) is 9.59. The number of benzene rings is 2. The highest BCUT2D eigenvalue weighted by atomic mass is 35.5. The van der Waals surface area contributed by atoms with Gasteiger partial charge in [0.1, 0.15) is 6.04 Å². The molecule has 1 atom stereocenters. The summed E-state index contributed by atoms with van der Waals surface area (Å²) in [7, 11) is -3.73. The number of carbonyl (C=O) groups is 3. The van der Waals surface area contributed by atoms with Crippen molar-refractivity contribution in [1.29, 1.82) is 0 Å². The van der Waals surface area contributed by atoms with Crippen LogP contribution in [0.5, 0.6) is 0 Å². The zero-order valence-corrected chi connectivity index (χ0v) is 20.0. The fraction of sp³-hybridized carbons (Fsp3) is 0.318. The minimum Gasteiger partial charge on any atom is -0.287 e. The van der Waals surface area contributed by atoms with E-state index in [2.05, 4.69) is 10.9 Å². The molecule has 2 N–H and O–H groups in total. The first-order valence-electron chi connectivity index (χ1n) is 10.4. The van der Waals surface area contributed by atoms with Crippen LogP contribution in [0.15, 0.2) is 47.4 Å². The largest absolute Gasteiger partial charge is 0.287 e. The van der Waals surface area contributed by atoms with Gasteiger partial charge in [0.05, 0.1) is 17.0 Å². The van der Waals surface area contributed by atoms with E-state index in [9.17, 15) is 22.8 Å². The number of hydrogen-bond donors (Lipinski definition) is 2. The Hall–Kier alpha value is -2.79. The van der Waals surface area contributed by atoms with E-state index in [1.54, 1.807) is 39.0 Å². The molecule has 176 valence electrons. The zero-order valence-electron chi connectivity index (χ0n) is 18.5. The highest BCUT2D eigenvalue weighted by Crippen LogP contribution is 2.30. The number of rotatable bonds is 8. The molecule has 0 aromatic heterocycles. The second-order valence-corrected chi connectivity index (χ2v) is 9.77. The van der Waals surface area contributed by atoms with Crippen LogP contribution in [-0.4, -0.2) is 49.6 Å². The predicted octanol–water partition coefficient (Wildman–Crippen LogP) is 2.25. The average Bonchev–Trinajstić information content (AvgIpc) is 3.07. The Morgan fingerprint density at radius 3 is 2.48 bits per heavy atom. The summed E-state index contributed by atoms with van der Waals surface area (Å²) in [6.07, 6.45) is -0.151. The van der Waals surface area contributed by atoms with Crippen LogP contribution in [0, 0.1) is 6.92 Å². The fourth-order valence-corrected chi connectivity index (χ4v) is 5.25. The Morgan fingerprint density at radius 1 is 1.15 bits per heavy atom. The van der Waals surface area contributed by atoms with Gasteiger partial charge in [-0.2, -0.15) is 4.31 Å². The van der Waals surface area contributed by atoms with E-state index in [1.165, 1.54) is 28.6 Å². The van der Waals surface area contributed by atoms with Crippen molar-refractivity contribution in [2.45, 2.75) is 38.1 Å². The van der Waals surface area contributed by atoms with E-state index in [0.717, 1.165) is 4.90 Å². The number of halogens is 1. The fourth-order valence-electron chi connectivity index (χ4n) is 3.57. The van der Waals surface area contributed by atoms with Crippen molar-refractivity contribution in [2.75, 3.05) is 18.0 Å². The summed E-state index contributed by atoms with van der Waals surface area (Å²) < 4.78 is 26.7. The molecule has 0 aliphatic carbocycles. The lowest BCUT2D eigenvalue weighted by Crippen LogP contribution is -2.48. The van der Waals surface area contributed by atoms with Crippen LogP contribution in [-0.2, 0) is 19.6 Å². The smallest absolute Gasteiger partial charge is 0.265 e. The van der Waals surface area contributed by atoms with Crippen LogP contribution in [0.4, 0.5) is 5.69 Å². The van der Waals surface area contributed by atoms with Crippen LogP contribution in [0.1, 0.15) is 36.2 Å². The molecule has 1 heterocycles. The molecule has 3 amide bonds. The van der Waals surface area contributed by atoms with Gasteiger partial charge < -0.3 is 0 Å². The number of amides is 3. The number of hydrogen-bond acceptors (Lipinski definition) is 6. The first-order chi connectivity index (χ1) is 15.6. The second kappa shape index (κ2) is 10.0. The molecule has 0 bridgehead atoms. The zero-order chi connectivity index (χ0) is 24.3. The first-order valence-corrected chi connectivity index (χ1v) is 12.2. The second-order valence-electron chi connectivity index (χ2n) is 7.42. The molecular formula is C22H25ClN4O5S. The quantitative estimate of drug-likeness (QED) is 0.431. The van der Waals surface area contributed by atoms with Gasteiger partial charge >= 0.3 is 0 Å². The highest BCUT2D eigenvalue weighted by Gasteiger charge is 2.40. The molecule has 1 aliphatic rings. The first kappa shape index (κ1) is 24.8. The SMILES string of the molecule is CCN(CC)S(=O)(=O)c1cccc(C(=O)NNC2CC(=O)N(c3cccc(Cl)c3C)C2=O)c1. The Balaban J connectivity index is 1.72. The number of nitrogens with one attached hydrogen (secondary N) is 2. The van der Waals surface area contributed by atoms with Crippen molar-refractivity contribution in [3.8, 4) is 0 Å². The van der Waals surface area contributed by atoms with E-state index >= 15 is 0 Å². The molecule has 0 spiro atoms. The van der Waals surface area contributed by atoms with Gasteiger partial charge in [-0.15, -0.1) is 0 Å². The Bertz CT molecular complexity index is 1200. The van der Waals surface area contributed by atoms with Crippen molar-refractivity contribution in [1.82, 2.24) is 15.2 Å². The average molecular weight is 493 g/mol. The van der Waals surface area contributed by atoms with E-state index in [1.807, 2.05) is 0 Å². The molecule has 1 aliphatic heterocycles. The van der Waals surface area contributed by atoms with E-state index in [-0.39, 0.29) is 16.9 Å². The molecule has 2 aromatic carbocycles. The summed E-state index contributed by atoms with van der Waals surface area (Å²) >= 11 is 6.11. The van der Waals surface area contributed by atoms with Crippen molar-refractivity contribution in [2.24, 2.45) is 0 Å². The maximum absolute atomic E-state index is 12.8. The van der Waals surface area contributed by atoms with Gasteiger partial charge in [-0.3, -0.25) is 19.8 Å². The van der Waals surface area contributed by atoms with Crippen LogP contribution in [0.25, 0.3) is 0 Å². The van der Waals surface area contributed by atoms with Crippen LogP contribution in [0.3, 0.4) is 0 Å². The Morgan fingerprint density at radius 2 is 1.82 bits per heavy atom. The monoisotopic (exact) mass is 492 g/mol. The lowest BCUT2D eigenvalue weighted by Gasteiger charge is -2.19. The minimum absolute atomic E-state index is 0.00595. The number of sulfonamides is 1. The number of carbonyl (C=O) groups excluding carboxylic acids is 3. The normalized spacial score (nSPS) is 16.5. The molecule has 9 nitrogen and oxygen atoms in total. The van der Waals surface area contributed by atoms with Crippen LogP contribution in [0.2, 0.25) is 5.02 Å². The lowest BCUT2D eigenvalue weighted by atomic mass is 10.2. The standard InChI is InChI=1S/C22H25ClN4O5S/c1-4-26(5-2)33(31,32)16-9-6-8-15(12-16)21(29)25-24-18-13-20(28)27(22(18)30)19-11-7-10-17(23)14(19)3/h6-12,18,24H,4-5,13H2,1-3H3,(H,25,29). The number of anilines is 1. The van der Waals surface area contributed by atoms with Gasteiger partial charge in [0.15, 0.2) is 0 Å². The Labute approximate surface area is 197 Å². The van der Waals surface area contributed by atoms with E-state index in [4.69, 9.17) is 11.6 Å².